The molecule has 1 atom stereocenters. The fraction of sp³-hybridized carbons (Fsp3) is 0.250. The fourth-order valence-electron chi connectivity index (χ4n) is 2.21. The zero-order valence-electron chi connectivity index (χ0n) is 11.5. The number of likely N-dealkylation sites (N-methyl/N-ethyl adjacent to an activating group) is 1. The second-order valence-electron chi connectivity index (χ2n) is 4.53. The third-order valence-corrected chi connectivity index (χ3v) is 4.88. The van der Waals surface area contributed by atoms with Crippen molar-refractivity contribution in [3.8, 4) is 5.75 Å². The SMILES string of the molecule is CNC(Cc1ccccc1OC)c1ccc(I)c(Cl)c1. The summed E-state index contributed by atoms with van der Waals surface area (Å²) in [5, 5.41) is 4.14. The van der Waals surface area contributed by atoms with Crippen LogP contribution >= 0.6 is 34.2 Å². The van der Waals surface area contributed by atoms with Gasteiger partial charge in [0.2, 0.25) is 0 Å². The summed E-state index contributed by atoms with van der Waals surface area (Å²) in [7, 11) is 3.67. The summed E-state index contributed by atoms with van der Waals surface area (Å²) in [6.07, 6.45) is 0.859. The average molecular weight is 402 g/mol. The lowest BCUT2D eigenvalue weighted by Gasteiger charge is -2.19. The Kier molecular flexibility index (Phi) is 5.69. The maximum Gasteiger partial charge on any atom is 0.122 e. The number of hydrogen-bond acceptors (Lipinski definition) is 2. The summed E-state index contributed by atoms with van der Waals surface area (Å²) in [4.78, 5) is 0. The van der Waals surface area contributed by atoms with Crippen molar-refractivity contribution in [3.63, 3.8) is 0 Å². The topological polar surface area (TPSA) is 21.3 Å². The Morgan fingerprint density at radius 1 is 1.25 bits per heavy atom. The van der Waals surface area contributed by atoms with Gasteiger partial charge in [-0.1, -0.05) is 35.9 Å². The van der Waals surface area contributed by atoms with E-state index in [1.54, 1.807) is 7.11 Å². The summed E-state index contributed by atoms with van der Waals surface area (Å²) in [5.74, 6) is 0.921. The second kappa shape index (κ2) is 7.29. The van der Waals surface area contributed by atoms with Gasteiger partial charge in [-0.3, -0.25) is 0 Å². The average Bonchev–Trinajstić information content (AvgIpc) is 2.48. The van der Waals surface area contributed by atoms with Gasteiger partial charge in [0.15, 0.2) is 0 Å². The number of hydrogen-bond donors (Lipinski definition) is 1. The first-order chi connectivity index (χ1) is 9.65. The van der Waals surface area contributed by atoms with E-state index in [0.717, 1.165) is 20.8 Å². The van der Waals surface area contributed by atoms with E-state index in [1.807, 2.05) is 37.4 Å². The predicted molar refractivity (Wildman–Crippen MR) is 92.7 cm³/mol. The van der Waals surface area contributed by atoms with Gasteiger partial charge in [0, 0.05) is 9.61 Å². The van der Waals surface area contributed by atoms with Crippen LogP contribution < -0.4 is 10.1 Å². The molecule has 0 amide bonds. The van der Waals surface area contributed by atoms with Crippen LogP contribution in [0.1, 0.15) is 17.2 Å². The van der Waals surface area contributed by atoms with Gasteiger partial charge >= 0.3 is 0 Å². The van der Waals surface area contributed by atoms with Crippen LogP contribution in [0.15, 0.2) is 42.5 Å². The largest absolute Gasteiger partial charge is 0.496 e. The maximum atomic E-state index is 6.22. The zero-order chi connectivity index (χ0) is 14.5. The zero-order valence-corrected chi connectivity index (χ0v) is 14.4. The normalized spacial score (nSPS) is 12.2. The molecular weight excluding hydrogens is 385 g/mol. The predicted octanol–water partition coefficient (Wildman–Crippen LogP) is 4.46. The van der Waals surface area contributed by atoms with Crippen LogP contribution in [0.2, 0.25) is 5.02 Å². The molecule has 0 saturated heterocycles. The smallest absolute Gasteiger partial charge is 0.122 e. The minimum Gasteiger partial charge on any atom is -0.496 e. The molecule has 2 aromatic carbocycles. The quantitative estimate of drug-likeness (QED) is 0.747. The van der Waals surface area contributed by atoms with Crippen LogP contribution in [-0.4, -0.2) is 14.2 Å². The molecule has 0 heterocycles. The van der Waals surface area contributed by atoms with Gasteiger partial charge in [0.1, 0.15) is 5.75 Å². The lowest BCUT2D eigenvalue weighted by Crippen LogP contribution is -2.19. The molecule has 0 radical (unpaired) electrons. The Hall–Kier alpha value is -0.780. The Balaban J connectivity index is 2.26. The summed E-state index contributed by atoms with van der Waals surface area (Å²) < 4.78 is 6.48. The van der Waals surface area contributed by atoms with Gasteiger partial charge in [-0.15, -0.1) is 0 Å². The van der Waals surface area contributed by atoms with Crippen LogP contribution in [0.4, 0.5) is 0 Å². The Bertz CT molecular complexity index is 588. The van der Waals surface area contributed by atoms with E-state index < -0.39 is 0 Å². The minimum absolute atomic E-state index is 0.209. The first kappa shape index (κ1) is 15.6. The van der Waals surface area contributed by atoms with Gasteiger partial charge in [-0.25, -0.2) is 0 Å². The Morgan fingerprint density at radius 3 is 2.65 bits per heavy atom. The Morgan fingerprint density at radius 2 is 2.00 bits per heavy atom. The molecule has 4 heteroatoms. The number of rotatable bonds is 5. The fourth-order valence-corrected chi connectivity index (χ4v) is 2.73. The monoisotopic (exact) mass is 401 g/mol. The molecular formula is C16H17ClINO. The molecule has 2 rings (SSSR count). The molecule has 0 aliphatic heterocycles. The molecule has 106 valence electrons. The highest BCUT2D eigenvalue weighted by Crippen LogP contribution is 2.28. The van der Waals surface area contributed by atoms with E-state index in [9.17, 15) is 0 Å². The molecule has 0 spiro atoms. The van der Waals surface area contributed by atoms with E-state index in [0.29, 0.717) is 0 Å². The molecule has 0 aliphatic carbocycles. The number of methoxy groups -OCH3 is 1. The van der Waals surface area contributed by atoms with Crippen molar-refractivity contribution >= 4 is 34.2 Å². The van der Waals surface area contributed by atoms with Crippen LogP contribution in [0.25, 0.3) is 0 Å². The third kappa shape index (κ3) is 3.65. The van der Waals surface area contributed by atoms with E-state index in [2.05, 4.69) is 40.0 Å². The van der Waals surface area contributed by atoms with Crippen molar-refractivity contribution in [2.24, 2.45) is 0 Å². The van der Waals surface area contributed by atoms with Gasteiger partial charge in [-0.2, -0.15) is 0 Å². The van der Waals surface area contributed by atoms with Crippen molar-refractivity contribution in [3.05, 3.63) is 62.2 Å². The molecule has 20 heavy (non-hydrogen) atoms. The van der Waals surface area contributed by atoms with Crippen LogP contribution in [0.3, 0.4) is 0 Å². The molecule has 0 fully saturated rings. The number of halogens is 2. The highest BCUT2D eigenvalue weighted by atomic mass is 127. The van der Waals surface area contributed by atoms with E-state index in [1.165, 1.54) is 11.1 Å². The summed E-state index contributed by atoms with van der Waals surface area (Å²) in [6.45, 7) is 0. The highest BCUT2D eigenvalue weighted by molar-refractivity contribution is 14.1. The van der Waals surface area contributed by atoms with E-state index >= 15 is 0 Å². The van der Waals surface area contributed by atoms with Gasteiger partial charge in [-0.05, 0) is 65.4 Å². The highest BCUT2D eigenvalue weighted by Gasteiger charge is 2.14. The van der Waals surface area contributed by atoms with Gasteiger partial charge in [0.05, 0.1) is 12.1 Å². The van der Waals surface area contributed by atoms with Crippen LogP contribution in [-0.2, 0) is 6.42 Å². The van der Waals surface area contributed by atoms with Gasteiger partial charge in [0.25, 0.3) is 0 Å². The number of ether oxygens (including phenoxy) is 1. The summed E-state index contributed by atoms with van der Waals surface area (Å²) in [5.41, 5.74) is 2.37. The van der Waals surface area contributed by atoms with Crippen molar-refractivity contribution < 1.29 is 4.74 Å². The summed E-state index contributed by atoms with van der Waals surface area (Å²) >= 11 is 8.46. The first-order valence-corrected chi connectivity index (χ1v) is 7.85. The third-order valence-electron chi connectivity index (χ3n) is 3.31. The number of nitrogens with one attached hydrogen (secondary N) is 1. The van der Waals surface area contributed by atoms with Crippen molar-refractivity contribution in [2.45, 2.75) is 12.5 Å². The first-order valence-electron chi connectivity index (χ1n) is 6.39. The Labute approximate surface area is 138 Å². The van der Waals surface area contributed by atoms with Crippen molar-refractivity contribution in [1.82, 2.24) is 5.32 Å². The minimum atomic E-state index is 0.209. The molecule has 0 bridgehead atoms. The lowest BCUT2D eigenvalue weighted by molar-refractivity contribution is 0.406. The number of para-hydroxylation sites is 1. The van der Waals surface area contributed by atoms with Gasteiger partial charge < -0.3 is 10.1 Å². The van der Waals surface area contributed by atoms with E-state index in [-0.39, 0.29) is 6.04 Å². The second-order valence-corrected chi connectivity index (χ2v) is 6.10. The van der Waals surface area contributed by atoms with E-state index in [4.69, 9.17) is 16.3 Å². The molecule has 0 saturated carbocycles. The van der Waals surface area contributed by atoms with Crippen LogP contribution in [0.5, 0.6) is 5.75 Å². The molecule has 2 nitrogen and oxygen atoms in total. The maximum absolute atomic E-state index is 6.22. The molecule has 0 aromatic heterocycles. The number of benzene rings is 2. The molecule has 2 aromatic rings. The molecule has 1 unspecified atom stereocenters. The molecule has 1 N–H and O–H groups in total. The van der Waals surface area contributed by atoms with Crippen LogP contribution in [0, 0.1) is 3.57 Å². The summed E-state index contributed by atoms with van der Waals surface area (Å²) in [6, 6.07) is 14.5. The molecule has 0 aliphatic rings. The van der Waals surface area contributed by atoms with Crippen molar-refractivity contribution in [2.75, 3.05) is 14.2 Å². The van der Waals surface area contributed by atoms with Crippen molar-refractivity contribution in [1.29, 1.82) is 0 Å². The lowest BCUT2D eigenvalue weighted by atomic mass is 9.98. The standard InChI is InChI=1S/C16H17ClINO/c1-19-15(11-7-8-14(18)13(17)9-11)10-12-5-3-4-6-16(12)20-2/h3-9,15,19H,10H2,1-2H3.